The third-order valence-electron chi connectivity index (χ3n) is 3.62. The van der Waals surface area contributed by atoms with Crippen molar-refractivity contribution in [1.29, 1.82) is 0 Å². The van der Waals surface area contributed by atoms with Gasteiger partial charge in [0.25, 0.3) is 0 Å². The summed E-state index contributed by atoms with van der Waals surface area (Å²) in [7, 11) is -0.628. The van der Waals surface area contributed by atoms with E-state index in [0.29, 0.717) is 11.5 Å². The van der Waals surface area contributed by atoms with Gasteiger partial charge >= 0.3 is 0 Å². The van der Waals surface area contributed by atoms with Gasteiger partial charge in [-0.2, -0.15) is 0 Å². The van der Waals surface area contributed by atoms with Crippen LogP contribution in [-0.4, -0.2) is 28.8 Å². The van der Waals surface area contributed by atoms with Gasteiger partial charge in [-0.05, 0) is 44.1 Å². The molecule has 2 atom stereocenters. The second-order valence-corrected chi connectivity index (χ2v) is 7.43. The molecule has 0 aromatic rings. The molecular weight excluding hydrogens is 218 g/mol. The molecule has 0 heterocycles. The molecular formula is C13H27NOS. The highest BCUT2D eigenvalue weighted by molar-refractivity contribution is 7.84. The predicted octanol–water partition coefficient (Wildman–Crippen LogP) is 2.70. The molecule has 0 aromatic carbocycles. The molecule has 1 fully saturated rings. The largest absolute Gasteiger partial charge is 0.314 e. The fourth-order valence-corrected chi connectivity index (χ4v) is 3.00. The fraction of sp³-hybridized carbons (Fsp3) is 1.00. The van der Waals surface area contributed by atoms with Crippen molar-refractivity contribution in [2.24, 2.45) is 5.41 Å². The molecule has 0 radical (unpaired) electrons. The van der Waals surface area contributed by atoms with Crippen LogP contribution in [0.25, 0.3) is 0 Å². The third kappa shape index (κ3) is 6.00. The molecule has 2 unspecified atom stereocenters. The molecule has 0 aromatic heterocycles. The lowest BCUT2D eigenvalue weighted by molar-refractivity contribution is 0.310. The van der Waals surface area contributed by atoms with Crippen LogP contribution in [-0.2, 0) is 10.8 Å². The Labute approximate surface area is 103 Å². The maximum Gasteiger partial charge on any atom is 0.0244 e. The molecule has 0 amide bonds. The zero-order valence-electron chi connectivity index (χ0n) is 11.1. The monoisotopic (exact) mass is 245 g/mol. The van der Waals surface area contributed by atoms with Gasteiger partial charge in [0.05, 0.1) is 0 Å². The molecule has 0 bridgehead atoms. The normalized spacial score (nSPS) is 27.3. The van der Waals surface area contributed by atoms with Crippen LogP contribution in [0, 0.1) is 5.41 Å². The minimum atomic E-state index is -0.628. The van der Waals surface area contributed by atoms with E-state index in [1.54, 1.807) is 6.26 Å². The van der Waals surface area contributed by atoms with Crippen molar-refractivity contribution in [3.05, 3.63) is 0 Å². The molecule has 0 aliphatic heterocycles. The van der Waals surface area contributed by atoms with Crippen LogP contribution in [0.3, 0.4) is 0 Å². The van der Waals surface area contributed by atoms with Gasteiger partial charge in [0.1, 0.15) is 0 Å². The van der Waals surface area contributed by atoms with Crippen LogP contribution >= 0.6 is 0 Å². The second kappa shape index (κ2) is 6.75. The highest BCUT2D eigenvalue weighted by Crippen LogP contribution is 2.33. The topological polar surface area (TPSA) is 29.1 Å². The summed E-state index contributed by atoms with van der Waals surface area (Å²) in [6.07, 6.45) is 9.51. The third-order valence-corrected chi connectivity index (χ3v) is 4.48. The molecule has 1 rings (SSSR count). The van der Waals surface area contributed by atoms with E-state index in [0.717, 1.165) is 18.7 Å². The molecule has 0 spiro atoms. The maximum absolute atomic E-state index is 10.9. The zero-order chi connectivity index (χ0) is 12.0. The molecule has 3 heteroatoms. The van der Waals surface area contributed by atoms with Crippen LogP contribution < -0.4 is 5.32 Å². The first-order chi connectivity index (χ1) is 7.49. The van der Waals surface area contributed by atoms with Crippen molar-refractivity contribution < 1.29 is 4.21 Å². The van der Waals surface area contributed by atoms with Gasteiger partial charge < -0.3 is 5.32 Å². The lowest BCUT2D eigenvalue weighted by Gasteiger charge is -2.22. The molecule has 1 aliphatic rings. The van der Waals surface area contributed by atoms with E-state index in [1.165, 1.54) is 32.1 Å². The Morgan fingerprint density at radius 2 is 2.06 bits per heavy atom. The summed E-state index contributed by atoms with van der Waals surface area (Å²) in [5.41, 5.74) is 0.543. The van der Waals surface area contributed by atoms with Gasteiger partial charge in [-0.3, -0.25) is 4.21 Å². The Kier molecular flexibility index (Phi) is 5.98. The van der Waals surface area contributed by atoms with Gasteiger partial charge in [0, 0.05) is 28.9 Å². The Morgan fingerprint density at radius 1 is 1.31 bits per heavy atom. The van der Waals surface area contributed by atoms with Crippen LogP contribution in [0.1, 0.15) is 52.4 Å². The van der Waals surface area contributed by atoms with Crippen molar-refractivity contribution in [1.82, 2.24) is 5.32 Å². The maximum atomic E-state index is 10.9. The Morgan fingerprint density at radius 3 is 2.75 bits per heavy atom. The summed E-state index contributed by atoms with van der Waals surface area (Å²) in [6, 6.07) is 0.701. The van der Waals surface area contributed by atoms with Gasteiger partial charge in [-0.1, -0.05) is 20.3 Å². The second-order valence-electron chi connectivity index (χ2n) is 5.88. The van der Waals surface area contributed by atoms with E-state index in [4.69, 9.17) is 0 Å². The first kappa shape index (κ1) is 14.2. The lowest BCUT2D eigenvalue weighted by Crippen LogP contribution is -2.30. The average Bonchev–Trinajstić information content (AvgIpc) is 2.34. The molecule has 1 aliphatic carbocycles. The van der Waals surface area contributed by atoms with Crippen LogP contribution in [0.15, 0.2) is 0 Å². The van der Waals surface area contributed by atoms with E-state index >= 15 is 0 Å². The Hall–Kier alpha value is 0.110. The van der Waals surface area contributed by atoms with Crippen molar-refractivity contribution in [2.75, 3.05) is 18.6 Å². The minimum absolute atomic E-state index is 0.543. The molecule has 1 N–H and O–H groups in total. The highest BCUT2D eigenvalue weighted by Gasteiger charge is 2.23. The van der Waals surface area contributed by atoms with E-state index in [1.807, 2.05) is 0 Å². The first-order valence-electron chi connectivity index (χ1n) is 6.53. The standard InChI is InChI=1S/C13H27NOS/c1-13(2)8-4-6-12(7-9-13)14-10-5-11-16(3)15/h12,14H,4-11H2,1-3H3. The summed E-state index contributed by atoms with van der Waals surface area (Å²) in [6.45, 7) is 5.80. The first-order valence-corrected chi connectivity index (χ1v) is 8.26. The SMILES string of the molecule is CS(=O)CCCNC1CCCC(C)(C)CC1. The number of rotatable bonds is 5. The van der Waals surface area contributed by atoms with Gasteiger partial charge in [0.15, 0.2) is 0 Å². The summed E-state index contributed by atoms with van der Waals surface area (Å²) in [5, 5.41) is 3.62. The summed E-state index contributed by atoms with van der Waals surface area (Å²) >= 11 is 0. The molecule has 0 saturated heterocycles. The summed E-state index contributed by atoms with van der Waals surface area (Å²) < 4.78 is 10.9. The van der Waals surface area contributed by atoms with Crippen molar-refractivity contribution in [2.45, 2.75) is 58.4 Å². The highest BCUT2D eigenvalue weighted by atomic mass is 32.2. The zero-order valence-corrected chi connectivity index (χ0v) is 11.9. The minimum Gasteiger partial charge on any atom is -0.314 e. The smallest absolute Gasteiger partial charge is 0.0244 e. The average molecular weight is 245 g/mol. The number of hydrogen-bond donors (Lipinski definition) is 1. The van der Waals surface area contributed by atoms with Crippen molar-refractivity contribution in [3.8, 4) is 0 Å². The van der Waals surface area contributed by atoms with Gasteiger partial charge in [0.2, 0.25) is 0 Å². The van der Waals surface area contributed by atoms with Crippen LogP contribution in [0.5, 0.6) is 0 Å². The number of hydrogen-bond acceptors (Lipinski definition) is 2. The van der Waals surface area contributed by atoms with Crippen LogP contribution in [0.4, 0.5) is 0 Å². The quantitative estimate of drug-likeness (QED) is 0.596. The fourth-order valence-electron chi connectivity index (χ4n) is 2.45. The molecule has 1 saturated carbocycles. The lowest BCUT2D eigenvalue weighted by atomic mass is 9.85. The van der Waals surface area contributed by atoms with E-state index in [9.17, 15) is 4.21 Å². The molecule has 16 heavy (non-hydrogen) atoms. The summed E-state index contributed by atoms with van der Waals surface area (Å²) in [5.74, 6) is 0.839. The number of nitrogens with one attached hydrogen (secondary N) is 1. The summed E-state index contributed by atoms with van der Waals surface area (Å²) in [4.78, 5) is 0. The predicted molar refractivity (Wildman–Crippen MR) is 72.2 cm³/mol. The van der Waals surface area contributed by atoms with Gasteiger partial charge in [-0.15, -0.1) is 0 Å². The van der Waals surface area contributed by atoms with Crippen molar-refractivity contribution >= 4 is 10.8 Å². The van der Waals surface area contributed by atoms with Crippen molar-refractivity contribution in [3.63, 3.8) is 0 Å². The molecule has 2 nitrogen and oxygen atoms in total. The van der Waals surface area contributed by atoms with E-state index in [-0.39, 0.29) is 0 Å². The van der Waals surface area contributed by atoms with E-state index in [2.05, 4.69) is 19.2 Å². The molecule has 96 valence electrons. The van der Waals surface area contributed by atoms with Crippen LogP contribution in [0.2, 0.25) is 0 Å². The van der Waals surface area contributed by atoms with Gasteiger partial charge in [-0.25, -0.2) is 0 Å². The Bertz CT molecular complexity index is 228. The Balaban J connectivity index is 2.15. The van der Waals surface area contributed by atoms with E-state index < -0.39 is 10.8 Å².